The van der Waals surface area contributed by atoms with Crippen LogP contribution in [0.15, 0.2) is 42.5 Å². The minimum atomic E-state index is -0.0839. The topological polar surface area (TPSA) is 48.7 Å². The predicted octanol–water partition coefficient (Wildman–Crippen LogP) is 5.45. The summed E-state index contributed by atoms with van der Waals surface area (Å²) >= 11 is 6.18. The van der Waals surface area contributed by atoms with Gasteiger partial charge in [-0.1, -0.05) is 55.1 Å². The average Bonchev–Trinajstić information content (AvgIpc) is 2.74. The maximum Gasteiger partial charge on any atom is 0.315 e. The largest absolute Gasteiger partial charge is 0.365 e. The Morgan fingerprint density at radius 1 is 1.10 bits per heavy atom. The molecule has 2 amide bonds. The second-order valence-electron chi connectivity index (χ2n) is 8.29. The summed E-state index contributed by atoms with van der Waals surface area (Å²) in [6, 6.07) is 13.9. The fourth-order valence-corrected chi connectivity index (χ4v) is 4.78. The van der Waals surface area contributed by atoms with Gasteiger partial charge in [-0.2, -0.15) is 0 Å². The van der Waals surface area contributed by atoms with Gasteiger partial charge in [0.2, 0.25) is 0 Å². The van der Waals surface area contributed by atoms with Gasteiger partial charge in [-0.05, 0) is 48.6 Å². The van der Waals surface area contributed by atoms with Crippen LogP contribution in [0.1, 0.15) is 43.2 Å². The van der Waals surface area contributed by atoms with Crippen molar-refractivity contribution in [2.24, 2.45) is 0 Å². The number of halogens is 1. The normalized spacial score (nSPS) is 18.9. The lowest BCUT2D eigenvalue weighted by Gasteiger charge is -2.37. The molecule has 0 aromatic heterocycles. The molecule has 0 unspecified atom stereocenters. The average molecular weight is 423 g/mol. The lowest BCUT2D eigenvalue weighted by atomic mass is 9.95. The molecule has 1 fully saturated rings. The highest BCUT2D eigenvalue weighted by Crippen LogP contribution is 2.32. The molecule has 4 rings (SSSR count). The third-order valence-corrected chi connectivity index (χ3v) is 6.21. The van der Waals surface area contributed by atoms with E-state index in [2.05, 4.69) is 26.4 Å². The first-order valence-electron chi connectivity index (χ1n) is 10.7. The molecule has 30 heavy (non-hydrogen) atoms. The van der Waals surface area contributed by atoms with Gasteiger partial charge in [0.25, 0.3) is 0 Å². The maximum absolute atomic E-state index is 12.6. The van der Waals surface area contributed by atoms with Crippen LogP contribution in [0.2, 0.25) is 5.02 Å². The van der Waals surface area contributed by atoms with Crippen LogP contribution in [0, 0.1) is 6.57 Å². The zero-order valence-electron chi connectivity index (χ0n) is 17.0. The van der Waals surface area contributed by atoms with E-state index in [0.717, 1.165) is 47.6 Å². The summed E-state index contributed by atoms with van der Waals surface area (Å²) in [6.45, 7) is 8.76. The zero-order chi connectivity index (χ0) is 20.9. The molecule has 1 aliphatic carbocycles. The molecule has 156 valence electrons. The van der Waals surface area contributed by atoms with Gasteiger partial charge in [-0.3, -0.25) is 0 Å². The Balaban J connectivity index is 1.50. The summed E-state index contributed by atoms with van der Waals surface area (Å²) in [4.78, 5) is 18.5. The maximum atomic E-state index is 12.6. The number of fused-ring (bicyclic) bond motifs is 1. The Kier molecular flexibility index (Phi) is 6.44. The summed E-state index contributed by atoms with van der Waals surface area (Å²) in [5, 5.41) is 7.04. The van der Waals surface area contributed by atoms with Crippen molar-refractivity contribution in [1.82, 2.24) is 10.6 Å². The van der Waals surface area contributed by atoms with E-state index in [0.29, 0.717) is 12.2 Å². The van der Waals surface area contributed by atoms with Crippen LogP contribution in [0.3, 0.4) is 0 Å². The number of hydrogen-bond acceptors (Lipinski definition) is 2. The highest BCUT2D eigenvalue weighted by molar-refractivity contribution is 6.30. The fraction of sp³-hybridized carbons (Fsp3) is 0.417. The molecule has 1 saturated carbocycles. The number of nitrogens with zero attached hydrogens (tertiary/aromatic N) is 2. The van der Waals surface area contributed by atoms with Gasteiger partial charge in [0, 0.05) is 29.8 Å². The molecule has 2 aromatic carbocycles. The van der Waals surface area contributed by atoms with Crippen LogP contribution in [-0.2, 0) is 13.0 Å². The summed E-state index contributed by atoms with van der Waals surface area (Å²) in [7, 11) is 0. The van der Waals surface area contributed by atoms with Gasteiger partial charge in [0.15, 0.2) is 5.69 Å². The third-order valence-electron chi connectivity index (χ3n) is 5.98. The summed E-state index contributed by atoms with van der Waals surface area (Å²) in [5.41, 5.74) is 3.96. The fourth-order valence-electron chi connectivity index (χ4n) is 4.57. The van der Waals surface area contributed by atoms with Crippen molar-refractivity contribution in [1.29, 1.82) is 0 Å². The monoisotopic (exact) mass is 422 g/mol. The zero-order valence-corrected chi connectivity index (χ0v) is 17.8. The number of hydrogen-bond donors (Lipinski definition) is 2. The van der Waals surface area contributed by atoms with E-state index in [4.69, 9.17) is 18.2 Å². The van der Waals surface area contributed by atoms with Crippen LogP contribution < -0.4 is 15.5 Å². The van der Waals surface area contributed by atoms with Gasteiger partial charge in [0.1, 0.15) is 0 Å². The van der Waals surface area contributed by atoms with Crippen LogP contribution in [0.4, 0.5) is 16.2 Å². The van der Waals surface area contributed by atoms with Crippen LogP contribution in [0.25, 0.3) is 4.85 Å². The molecule has 1 atom stereocenters. The second-order valence-corrected chi connectivity index (χ2v) is 8.73. The van der Waals surface area contributed by atoms with E-state index in [-0.39, 0.29) is 18.1 Å². The molecule has 1 aliphatic heterocycles. The summed E-state index contributed by atoms with van der Waals surface area (Å²) < 4.78 is 0. The first kappa shape index (κ1) is 20.6. The van der Waals surface area contributed by atoms with Crippen LogP contribution in [-0.4, -0.2) is 24.7 Å². The van der Waals surface area contributed by atoms with Crippen molar-refractivity contribution in [3.05, 3.63) is 70.0 Å². The molecule has 2 aliphatic rings. The van der Waals surface area contributed by atoms with Crippen molar-refractivity contribution >= 4 is 29.0 Å². The van der Waals surface area contributed by atoms with Gasteiger partial charge >= 0.3 is 6.03 Å². The number of carbonyl (C=O) groups is 1. The lowest BCUT2D eigenvalue weighted by molar-refractivity contribution is 0.228. The molecule has 0 radical (unpaired) electrons. The Labute approximate surface area is 183 Å². The van der Waals surface area contributed by atoms with Crippen molar-refractivity contribution in [2.45, 2.75) is 57.2 Å². The van der Waals surface area contributed by atoms with Gasteiger partial charge in [-0.15, -0.1) is 0 Å². The number of urea groups is 1. The number of nitrogens with one attached hydrogen (secondary N) is 2. The Bertz CT molecular complexity index is 948. The minimum Gasteiger partial charge on any atom is -0.365 e. The van der Waals surface area contributed by atoms with Crippen molar-refractivity contribution in [3.63, 3.8) is 0 Å². The van der Waals surface area contributed by atoms with Gasteiger partial charge in [0.05, 0.1) is 12.6 Å². The van der Waals surface area contributed by atoms with E-state index in [1.165, 1.54) is 19.3 Å². The number of amides is 2. The highest BCUT2D eigenvalue weighted by atomic mass is 35.5. The SMILES string of the molecule is [C-]#[N+]c1ccc2c(c1)C[C@H](NC(=O)NC1CCCCC1)CN2Cc1cccc(Cl)c1. The molecular weight excluding hydrogens is 396 g/mol. The quantitative estimate of drug-likeness (QED) is 0.643. The number of benzene rings is 2. The molecule has 6 heteroatoms. The van der Waals surface area contributed by atoms with Crippen LogP contribution in [0.5, 0.6) is 0 Å². The van der Waals surface area contributed by atoms with Crippen molar-refractivity contribution in [2.75, 3.05) is 11.4 Å². The standard InChI is InChI=1S/C24H27ClN4O/c1-26-21-10-11-23-18(13-21)14-22(28-24(30)27-20-8-3-2-4-9-20)16-29(23)15-17-6-5-7-19(25)12-17/h5-7,10-13,20,22H,2-4,8-9,14-16H2,(H2,27,28,30)/t22-/m0/s1. The van der Waals surface area contributed by atoms with E-state index in [1.54, 1.807) is 0 Å². The molecule has 5 nitrogen and oxygen atoms in total. The van der Waals surface area contributed by atoms with E-state index in [9.17, 15) is 4.79 Å². The summed E-state index contributed by atoms with van der Waals surface area (Å²) in [5.74, 6) is 0. The molecule has 0 bridgehead atoms. The molecule has 0 spiro atoms. The van der Waals surface area contributed by atoms with Crippen LogP contribution >= 0.6 is 11.6 Å². The highest BCUT2D eigenvalue weighted by Gasteiger charge is 2.27. The van der Waals surface area contributed by atoms with Gasteiger partial charge in [-0.25, -0.2) is 9.64 Å². The molecule has 0 saturated heterocycles. The number of anilines is 1. The van der Waals surface area contributed by atoms with E-state index >= 15 is 0 Å². The van der Waals surface area contributed by atoms with E-state index < -0.39 is 0 Å². The molecular formula is C24H27ClN4O. The number of rotatable bonds is 4. The third kappa shape index (κ3) is 5.06. The number of carbonyl (C=O) groups excluding carboxylic acids is 1. The first-order valence-corrected chi connectivity index (χ1v) is 11.1. The molecule has 1 heterocycles. The molecule has 2 N–H and O–H groups in total. The Morgan fingerprint density at radius 3 is 2.67 bits per heavy atom. The first-order chi connectivity index (χ1) is 14.6. The molecule has 2 aromatic rings. The van der Waals surface area contributed by atoms with E-state index in [1.807, 2.05) is 36.4 Å². The van der Waals surface area contributed by atoms with Crippen molar-refractivity contribution in [3.8, 4) is 0 Å². The Morgan fingerprint density at radius 2 is 1.90 bits per heavy atom. The minimum absolute atomic E-state index is 0.0127. The summed E-state index contributed by atoms with van der Waals surface area (Å²) in [6.07, 6.45) is 6.50. The van der Waals surface area contributed by atoms with Crippen molar-refractivity contribution < 1.29 is 4.79 Å². The Hall–Kier alpha value is -2.71. The predicted molar refractivity (Wildman–Crippen MR) is 121 cm³/mol. The second kappa shape index (κ2) is 9.40. The van der Waals surface area contributed by atoms with Gasteiger partial charge < -0.3 is 15.5 Å². The lowest BCUT2D eigenvalue weighted by Crippen LogP contribution is -2.52. The smallest absolute Gasteiger partial charge is 0.315 e.